The van der Waals surface area contributed by atoms with Crippen LogP contribution in [-0.2, 0) is 0 Å². The average molecular weight is 443 g/mol. The van der Waals surface area contributed by atoms with Gasteiger partial charge < -0.3 is 15.2 Å². The number of hydrogen-bond donors (Lipinski definition) is 2. The molecule has 0 spiro atoms. The number of fused-ring (bicyclic) bond motifs is 3. The highest BCUT2D eigenvalue weighted by Crippen LogP contribution is 2.36. The lowest BCUT2D eigenvalue weighted by Crippen LogP contribution is -2.48. The molecule has 1 unspecified atom stereocenters. The maximum Gasteiger partial charge on any atom is 0.248 e. The number of piperazine rings is 1. The molecule has 3 aromatic heterocycles. The van der Waals surface area contributed by atoms with E-state index in [0.717, 1.165) is 24.3 Å². The molecule has 4 aromatic rings. The Hall–Kier alpha value is -3.72. The topological polar surface area (TPSA) is 94.4 Å². The zero-order valence-electron chi connectivity index (χ0n) is 18.6. The Morgan fingerprint density at radius 2 is 1.94 bits per heavy atom. The van der Waals surface area contributed by atoms with Gasteiger partial charge in [-0.25, -0.2) is 14.5 Å². The van der Waals surface area contributed by atoms with Gasteiger partial charge in [0.25, 0.3) is 0 Å². The molecule has 1 aromatic carbocycles. The minimum Gasteiger partial charge on any atom is -0.366 e. The molecule has 5 heterocycles. The van der Waals surface area contributed by atoms with Gasteiger partial charge in [0.15, 0.2) is 11.5 Å². The van der Waals surface area contributed by atoms with Gasteiger partial charge >= 0.3 is 0 Å². The molecule has 0 saturated carbocycles. The summed E-state index contributed by atoms with van der Waals surface area (Å²) in [6, 6.07) is 13.7. The highest BCUT2D eigenvalue weighted by atomic mass is 16.1. The third-order valence-corrected chi connectivity index (χ3v) is 6.78. The Kier molecular flexibility index (Phi) is 4.65. The van der Waals surface area contributed by atoms with E-state index in [0.29, 0.717) is 35.3 Å². The van der Waals surface area contributed by atoms with E-state index < -0.39 is 0 Å². The number of hydrogen-bond acceptors (Lipinski definition) is 7. The van der Waals surface area contributed by atoms with E-state index in [2.05, 4.69) is 73.3 Å². The normalized spacial score (nSPS) is 20.3. The third kappa shape index (κ3) is 3.45. The Morgan fingerprint density at radius 1 is 1.09 bits per heavy atom. The Labute approximate surface area is 191 Å². The Morgan fingerprint density at radius 3 is 2.67 bits per heavy atom. The molecule has 0 radical (unpaired) electrons. The van der Waals surface area contributed by atoms with Crippen molar-refractivity contribution in [2.45, 2.75) is 38.4 Å². The zero-order valence-corrected chi connectivity index (χ0v) is 18.6. The molecule has 9 heteroatoms. The van der Waals surface area contributed by atoms with E-state index in [9.17, 15) is 4.79 Å². The van der Waals surface area contributed by atoms with E-state index in [1.807, 2.05) is 6.07 Å². The summed E-state index contributed by atoms with van der Waals surface area (Å²) in [5, 5.41) is 7.70. The van der Waals surface area contributed by atoms with Crippen molar-refractivity contribution in [1.29, 1.82) is 0 Å². The number of H-pyrrole nitrogens is 1. The van der Waals surface area contributed by atoms with Crippen LogP contribution in [-0.4, -0.2) is 60.7 Å². The van der Waals surface area contributed by atoms with Crippen LogP contribution in [0.4, 0.5) is 17.2 Å². The predicted molar refractivity (Wildman–Crippen MR) is 128 cm³/mol. The second-order valence-corrected chi connectivity index (χ2v) is 9.09. The summed E-state index contributed by atoms with van der Waals surface area (Å²) in [6.45, 7) is 6.83. The number of aromatic nitrogens is 5. The maximum atomic E-state index is 11.7. The molecular weight excluding hydrogens is 416 g/mol. The fourth-order valence-corrected chi connectivity index (χ4v) is 5.23. The summed E-state index contributed by atoms with van der Waals surface area (Å²) in [5.41, 5.74) is 4.06. The predicted octanol–water partition coefficient (Wildman–Crippen LogP) is 2.89. The van der Waals surface area contributed by atoms with Crippen molar-refractivity contribution < 1.29 is 0 Å². The number of aromatic amines is 1. The first-order chi connectivity index (χ1) is 16.1. The molecule has 2 atom stereocenters. The molecule has 2 fully saturated rings. The number of nitrogens with zero attached hydrogens (tertiary/aromatic N) is 6. The Bertz CT molecular complexity index is 1360. The largest absolute Gasteiger partial charge is 0.366 e. The van der Waals surface area contributed by atoms with Gasteiger partial charge in [0, 0.05) is 60.4 Å². The highest BCUT2D eigenvalue weighted by Gasteiger charge is 2.43. The van der Waals surface area contributed by atoms with Crippen LogP contribution in [0, 0.1) is 0 Å². The third-order valence-electron chi connectivity index (χ3n) is 6.78. The van der Waals surface area contributed by atoms with E-state index >= 15 is 0 Å². The van der Waals surface area contributed by atoms with Crippen LogP contribution >= 0.6 is 0 Å². The monoisotopic (exact) mass is 442 g/mol. The molecule has 168 valence electrons. The van der Waals surface area contributed by atoms with E-state index in [1.54, 1.807) is 16.9 Å². The van der Waals surface area contributed by atoms with Crippen LogP contribution in [0.5, 0.6) is 0 Å². The quantitative estimate of drug-likeness (QED) is 0.491. The zero-order chi connectivity index (χ0) is 22.5. The molecule has 33 heavy (non-hydrogen) atoms. The van der Waals surface area contributed by atoms with Crippen LogP contribution in [0.2, 0.25) is 0 Å². The summed E-state index contributed by atoms with van der Waals surface area (Å²) < 4.78 is 1.69. The Balaban J connectivity index is 1.23. The molecule has 2 bridgehead atoms. The molecule has 0 aliphatic carbocycles. The number of likely N-dealkylation sites (tertiary alicyclic amines) is 1. The molecular formula is C24H26N8O. The van der Waals surface area contributed by atoms with Gasteiger partial charge in [-0.1, -0.05) is 0 Å². The lowest BCUT2D eigenvalue weighted by molar-refractivity contribution is 0.191. The summed E-state index contributed by atoms with van der Waals surface area (Å²) >= 11 is 0. The van der Waals surface area contributed by atoms with Crippen LogP contribution in [0.15, 0.2) is 59.9 Å². The van der Waals surface area contributed by atoms with Crippen LogP contribution in [0.1, 0.15) is 20.3 Å². The second kappa shape index (κ2) is 7.70. The van der Waals surface area contributed by atoms with E-state index in [4.69, 9.17) is 0 Å². The molecule has 2 aliphatic heterocycles. The number of benzene rings is 1. The SMILES string of the molecule is CC(C)N1C[C@@H]2CC1CN2c1ccc(Nc2ncc(-c3cc[nH]c(=O)c3)n3ncnc23)cc1. The van der Waals surface area contributed by atoms with Crippen molar-refractivity contribution in [2.75, 3.05) is 23.3 Å². The van der Waals surface area contributed by atoms with E-state index in [-0.39, 0.29) is 5.56 Å². The number of anilines is 3. The van der Waals surface area contributed by atoms with Crippen molar-refractivity contribution in [3.8, 4) is 11.3 Å². The van der Waals surface area contributed by atoms with Crippen LogP contribution in [0.25, 0.3) is 16.9 Å². The molecule has 2 saturated heterocycles. The van der Waals surface area contributed by atoms with Crippen molar-refractivity contribution in [3.05, 3.63) is 65.5 Å². The molecule has 2 N–H and O–H groups in total. The summed E-state index contributed by atoms with van der Waals surface area (Å²) in [4.78, 5) is 28.5. The minimum absolute atomic E-state index is 0.175. The average Bonchev–Trinajstić information content (AvgIpc) is 3.56. The van der Waals surface area contributed by atoms with E-state index in [1.165, 1.54) is 24.5 Å². The van der Waals surface area contributed by atoms with Crippen molar-refractivity contribution >= 4 is 22.8 Å². The number of nitrogens with one attached hydrogen (secondary N) is 2. The lowest BCUT2D eigenvalue weighted by atomic mass is 10.2. The van der Waals surface area contributed by atoms with Crippen molar-refractivity contribution in [3.63, 3.8) is 0 Å². The number of rotatable bonds is 5. The van der Waals surface area contributed by atoms with Gasteiger partial charge in [-0.3, -0.25) is 9.69 Å². The van der Waals surface area contributed by atoms with Gasteiger partial charge in [-0.2, -0.15) is 5.10 Å². The first-order valence-electron chi connectivity index (χ1n) is 11.3. The second-order valence-electron chi connectivity index (χ2n) is 9.09. The summed E-state index contributed by atoms with van der Waals surface area (Å²) in [6.07, 6.45) is 6.06. The van der Waals surface area contributed by atoms with Crippen molar-refractivity contribution in [1.82, 2.24) is 29.5 Å². The first-order valence-corrected chi connectivity index (χ1v) is 11.3. The van der Waals surface area contributed by atoms with Gasteiger partial charge in [0.05, 0.1) is 11.9 Å². The van der Waals surface area contributed by atoms with Crippen LogP contribution in [0.3, 0.4) is 0 Å². The van der Waals surface area contributed by atoms with Gasteiger partial charge in [0.1, 0.15) is 6.33 Å². The maximum absolute atomic E-state index is 11.7. The first kappa shape index (κ1) is 19.9. The fourth-order valence-electron chi connectivity index (χ4n) is 5.23. The van der Waals surface area contributed by atoms with Crippen LogP contribution < -0.4 is 15.8 Å². The van der Waals surface area contributed by atoms with Gasteiger partial charge in [-0.15, -0.1) is 0 Å². The molecule has 2 aliphatic rings. The molecule has 0 amide bonds. The van der Waals surface area contributed by atoms with Gasteiger partial charge in [-0.05, 0) is 50.6 Å². The molecule has 9 nitrogen and oxygen atoms in total. The number of pyridine rings is 1. The van der Waals surface area contributed by atoms with Crippen molar-refractivity contribution in [2.24, 2.45) is 0 Å². The highest BCUT2D eigenvalue weighted by molar-refractivity contribution is 5.74. The van der Waals surface area contributed by atoms with Gasteiger partial charge in [0.2, 0.25) is 5.56 Å². The standard InChI is InChI=1S/C24H26N8O/c1-15(2)30-12-20-10-19(30)13-31(20)18-5-3-17(4-6-18)29-23-24-27-14-28-32(24)21(11-26-23)16-7-8-25-22(33)9-16/h3-9,11,14-15,19-20H,10,12-13H2,1-2H3,(H,25,33)(H,26,29)/t19?,20-/m0/s1. The smallest absolute Gasteiger partial charge is 0.248 e. The lowest BCUT2D eigenvalue weighted by Gasteiger charge is -2.37. The summed E-state index contributed by atoms with van der Waals surface area (Å²) in [5.74, 6) is 0.613. The minimum atomic E-state index is -0.175. The molecule has 6 rings (SSSR count). The fraction of sp³-hybridized carbons (Fsp3) is 0.333. The summed E-state index contributed by atoms with van der Waals surface area (Å²) in [7, 11) is 0.